The Morgan fingerprint density at radius 1 is 1.38 bits per heavy atom. The molecular formula is C10H12ClNS. The molecule has 0 aromatic carbocycles. The molecule has 1 aliphatic rings. The number of rotatable bonds is 3. The Balaban J connectivity index is 1.82. The van der Waals surface area contributed by atoms with E-state index >= 15 is 0 Å². The van der Waals surface area contributed by atoms with Crippen LogP contribution >= 0.6 is 22.9 Å². The van der Waals surface area contributed by atoms with Crippen molar-refractivity contribution in [3.63, 3.8) is 0 Å². The molecule has 1 aromatic heterocycles. The predicted octanol–water partition coefficient (Wildman–Crippen LogP) is 3.21. The molecule has 0 fully saturated rings. The molecule has 70 valence electrons. The molecule has 1 nitrogen and oxygen atoms in total. The van der Waals surface area contributed by atoms with Crippen LogP contribution in [0.15, 0.2) is 22.9 Å². The van der Waals surface area contributed by atoms with Crippen molar-refractivity contribution in [2.24, 2.45) is 0 Å². The zero-order chi connectivity index (χ0) is 9.10. The van der Waals surface area contributed by atoms with E-state index in [1.807, 2.05) is 5.38 Å². The lowest BCUT2D eigenvalue weighted by molar-refractivity contribution is 0.539. The fourth-order valence-electron chi connectivity index (χ4n) is 1.47. The summed E-state index contributed by atoms with van der Waals surface area (Å²) in [5.41, 5.74) is 1.22. The van der Waals surface area contributed by atoms with Crippen molar-refractivity contribution >= 4 is 22.9 Å². The third-order valence-corrected chi connectivity index (χ3v) is 3.55. The van der Waals surface area contributed by atoms with Crippen LogP contribution in [-0.4, -0.2) is 6.04 Å². The van der Waals surface area contributed by atoms with Gasteiger partial charge in [0.05, 0.1) is 5.02 Å². The van der Waals surface area contributed by atoms with Crippen molar-refractivity contribution in [3.8, 4) is 0 Å². The summed E-state index contributed by atoms with van der Waals surface area (Å²) in [5.74, 6) is 0. The molecule has 1 N–H and O–H groups in total. The fourth-order valence-corrected chi connectivity index (χ4v) is 2.53. The Morgan fingerprint density at radius 3 is 2.77 bits per heavy atom. The maximum absolute atomic E-state index is 5.98. The monoisotopic (exact) mass is 213 g/mol. The molecular weight excluding hydrogens is 202 g/mol. The van der Waals surface area contributed by atoms with Crippen molar-refractivity contribution in [1.29, 1.82) is 0 Å². The third-order valence-electron chi connectivity index (χ3n) is 2.28. The number of hydrogen-bond acceptors (Lipinski definition) is 2. The topological polar surface area (TPSA) is 12.0 Å². The number of thiophene rings is 1. The average Bonchev–Trinajstić information content (AvgIpc) is 2.72. The van der Waals surface area contributed by atoms with Crippen LogP contribution in [0.1, 0.15) is 18.4 Å². The second-order valence-corrected chi connectivity index (χ2v) is 4.42. The van der Waals surface area contributed by atoms with Crippen LogP contribution in [-0.2, 0) is 6.54 Å². The first kappa shape index (κ1) is 9.25. The molecule has 0 saturated carbocycles. The molecule has 0 atom stereocenters. The number of nitrogens with one attached hydrogen (secondary N) is 1. The summed E-state index contributed by atoms with van der Waals surface area (Å²) < 4.78 is 0. The third kappa shape index (κ3) is 2.33. The van der Waals surface area contributed by atoms with Gasteiger partial charge in [0.25, 0.3) is 0 Å². The average molecular weight is 214 g/mol. The van der Waals surface area contributed by atoms with Gasteiger partial charge < -0.3 is 5.32 Å². The van der Waals surface area contributed by atoms with Gasteiger partial charge in [0.2, 0.25) is 0 Å². The van der Waals surface area contributed by atoms with Crippen molar-refractivity contribution in [2.75, 3.05) is 0 Å². The van der Waals surface area contributed by atoms with Crippen molar-refractivity contribution in [3.05, 3.63) is 33.5 Å². The summed E-state index contributed by atoms with van der Waals surface area (Å²) >= 11 is 7.64. The molecule has 0 spiro atoms. The van der Waals surface area contributed by atoms with Gasteiger partial charge in [0.1, 0.15) is 0 Å². The van der Waals surface area contributed by atoms with Crippen LogP contribution in [0.5, 0.6) is 0 Å². The van der Waals surface area contributed by atoms with Crippen LogP contribution in [0.2, 0.25) is 5.02 Å². The summed E-state index contributed by atoms with van der Waals surface area (Å²) in [5, 5.41) is 8.46. The van der Waals surface area contributed by atoms with Crippen LogP contribution in [0.3, 0.4) is 0 Å². The van der Waals surface area contributed by atoms with Crippen LogP contribution < -0.4 is 5.32 Å². The molecule has 0 saturated heterocycles. The molecule has 1 heterocycles. The van der Waals surface area contributed by atoms with E-state index in [1.165, 1.54) is 5.56 Å². The molecule has 2 rings (SSSR count). The van der Waals surface area contributed by atoms with E-state index in [-0.39, 0.29) is 0 Å². The Labute approximate surface area is 87.4 Å². The van der Waals surface area contributed by atoms with E-state index in [0.717, 1.165) is 24.4 Å². The van der Waals surface area contributed by atoms with Gasteiger partial charge in [-0.2, -0.15) is 11.3 Å². The minimum atomic E-state index is 0.621. The Bertz CT molecular complexity index is 298. The van der Waals surface area contributed by atoms with Crippen LogP contribution in [0, 0.1) is 0 Å². The minimum Gasteiger partial charge on any atom is -0.309 e. The maximum atomic E-state index is 5.98. The second kappa shape index (κ2) is 4.27. The van der Waals surface area contributed by atoms with E-state index in [9.17, 15) is 0 Å². The van der Waals surface area contributed by atoms with Crippen molar-refractivity contribution < 1.29 is 0 Å². The SMILES string of the molecule is Clc1cscc1CNC1CC=CC1. The highest BCUT2D eigenvalue weighted by molar-refractivity contribution is 7.08. The van der Waals surface area contributed by atoms with Crippen molar-refractivity contribution in [2.45, 2.75) is 25.4 Å². The lowest BCUT2D eigenvalue weighted by Crippen LogP contribution is -2.25. The first-order valence-corrected chi connectivity index (χ1v) is 5.77. The molecule has 1 aliphatic carbocycles. The Hall–Kier alpha value is -0.310. The highest BCUT2D eigenvalue weighted by atomic mass is 35.5. The quantitative estimate of drug-likeness (QED) is 0.761. The lowest BCUT2D eigenvalue weighted by atomic mass is 10.2. The van der Waals surface area contributed by atoms with Gasteiger partial charge in [0.15, 0.2) is 0 Å². The second-order valence-electron chi connectivity index (χ2n) is 3.27. The zero-order valence-electron chi connectivity index (χ0n) is 7.29. The van der Waals surface area contributed by atoms with E-state index < -0.39 is 0 Å². The van der Waals surface area contributed by atoms with Gasteiger partial charge in [-0.3, -0.25) is 0 Å². The zero-order valence-corrected chi connectivity index (χ0v) is 8.87. The predicted molar refractivity (Wildman–Crippen MR) is 58.3 cm³/mol. The summed E-state index contributed by atoms with van der Waals surface area (Å²) in [6.45, 7) is 0.897. The highest BCUT2D eigenvalue weighted by Crippen LogP contribution is 2.21. The van der Waals surface area contributed by atoms with E-state index in [1.54, 1.807) is 11.3 Å². The maximum Gasteiger partial charge on any atom is 0.0557 e. The van der Waals surface area contributed by atoms with E-state index in [4.69, 9.17) is 11.6 Å². The van der Waals surface area contributed by atoms with Crippen LogP contribution in [0.4, 0.5) is 0 Å². The normalized spacial score (nSPS) is 17.0. The molecule has 0 bridgehead atoms. The van der Waals surface area contributed by atoms with E-state index in [0.29, 0.717) is 6.04 Å². The Morgan fingerprint density at radius 2 is 2.15 bits per heavy atom. The summed E-state index contributed by atoms with van der Waals surface area (Å²) in [6.07, 6.45) is 6.77. The van der Waals surface area contributed by atoms with Gasteiger partial charge in [-0.25, -0.2) is 0 Å². The van der Waals surface area contributed by atoms with E-state index in [2.05, 4.69) is 22.8 Å². The Kier molecular flexibility index (Phi) is 3.04. The fraction of sp³-hybridized carbons (Fsp3) is 0.400. The smallest absolute Gasteiger partial charge is 0.0557 e. The first-order valence-electron chi connectivity index (χ1n) is 4.45. The molecule has 0 amide bonds. The number of halogens is 1. The lowest BCUT2D eigenvalue weighted by Gasteiger charge is -2.10. The van der Waals surface area contributed by atoms with Gasteiger partial charge in [-0.1, -0.05) is 23.8 Å². The first-order chi connectivity index (χ1) is 6.36. The molecule has 3 heteroatoms. The molecule has 0 unspecified atom stereocenters. The van der Waals surface area contributed by atoms with Gasteiger partial charge in [-0.05, 0) is 23.8 Å². The van der Waals surface area contributed by atoms with Gasteiger partial charge in [0, 0.05) is 18.0 Å². The standard InChI is InChI=1S/C10H12ClNS/c11-10-7-13-6-8(10)5-12-9-3-1-2-4-9/h1-2,6-7,9,12H,3-5H2. The molecule has 1 aromatic rings. The summed E-state index contributed by atoms with van der Waals surface area (Å²) in [4.78, 5) is 0. The van der Waals surface area contributed by atoms with Crippen LogP contribution in [0.25, 0.3) is 0 Å². The highest BCUT2D eigenvalue weighted by Gasteiger charge is 2.09. The molecule has 0 aliphatic heterocycles. The molecule has 13 heavy (non-hydrogen) atoms. The summed E-state index contributed by atoms with van der Waals surface area (Å²) in [7, 11) is 0. The molecule has 0 radical (unpaired) electrons. The summed E-state index contributed by atoms with van der Waals surface area (Å²) in [6, 6.07) is 0.621. The van der Waals surface area contributed by atoms with Gasteiger partial charge >= 0.3 is 0 Å². The van der Waals surface area contributed by atoms with Crippen molar-refractivity contribution in [1.82, 2.24) is 5.32 Å². The largest absolute Gasteiger partial charge is 0.309 e. The number of hydrogen-bond donors (Lipinski definition) is 1. The minimum absolute atomic E-state index is 0.621. The van der Waals surface area contributed by atoms with Gasteiger partial charge in [-0.15, -0.1) is 0 Å².